The van der Waals surface area contributed by atoms with Crippen LogP contribution in [0.3, 0.4) is 0 Å². The van der Waals surface area contributed by atoms with Crippen LogP contribution in [0, 0.1) is 24.2 Å². The monoisotopic (exact) mass is 1090 g/mol. The first-order valence-corrected chi connectivity index (χ1v) is 24.1. The molecule has 69 heavy (non-hydrogen) atoms. The number of anilines is 2. The molecule has 0 atom stereocenters. The number of allylic oxidation sites excluding steroid dienone is 1. The van der Waals surface area contributed by atoms with E-state index < -0.39 is 0 Å². The van der Waals surface area contributed by atoms with Gasteiger partial charge in [0.05, 0.1) is 0 Å². The summed E-state index contributed by atoms with van der Waals surface area (Å²) in [6.07, 6.45) is 4.18. The summed E-state index contributed by atoms with van der Waals surface area (Å²) >= 11 is 0. The second-order valence-corrected chi connectivity index (χ2v) is 23.3. The molecule has 6 aromatic carbocycles. The Morgan fingerprint density at radius 1 is 0.507 bits per heavy atom. The Labute approximate surface area is 426 Å². The van der Waals surface area contributed by atoms with Crippen molar-refractivity contribution < 1.29 is 25.8 Å². The van der Waals surface area contributed by atoms with Crippen LogP contribution in [0.5, 0.6) is 11.5 Å². The van der Waals surface area contributed by atoms with Gasteiger partial charge in [0, 0.05) is 66.5 Å². The Morgan fingerprint density at radius 3 is 1.77 bits per heavy atom. The summed E-state index contributed by atoms with van der Waals surface area (Å²) in [5, 5.41) is 2.23. The number of ether oxygens (including phenoxy) is 1. The molecule has 0 saturated heterocycles. The van der Waals surface area contributed by atoms with E-state index in [1.807, 2.05) is 12.3 Å². The van der Waals surface area contributed by atoms with Crippen molar-refractivity contribution in [3.63, 3.8) is 0 Å². The quantitative estimate of drug-likeness (QED) is 0.142. The molecule has 6 heteroatoms. The molecule has 8 aromatic rings. The number of nitrogens with zero attached hydrogens (tertiary/aromatic N) is 4. The van der Waals surface area contributed by atoms with E-state index in [2.05, 4.69) is 264 Å². The van der Waals surface area contributed by atoms with Crippen LogP contribution < -0.4 is 14.5 Å². The largest absolute Gasteiger partial charge is 0.509 e. The maximum Gasteiger partial charge on any atom is 0.135 e. The number of pyridine rings is 1. The predicted molar refractivity (Wildman–Crippen MR) is 286 cm³/mol. The van der Waals surface area contributed by atoms with Gasteiger partial charge in [0.1, 0.15) is 5.82 Å². The van der Waals surface area contributed by atoms with Crippen LogP contribution in [0.2, 0.25) is 0 Å². The molecule has 0 aliphatic carbocycles. The third-order valence-electron chi connectivity index (χ3n) is 13.6. The van der Waals surface area contributed by atoms with Gasteiger partial charge >= 0.3 is 0 Å². The van der Waals surface area contributed by atoms with E-state index in [-0.39, 0.29) is 48.1 Å². The first-order valence-electron chi connectivity index (χ1n) is 24.1. The Morgan fingerprint density at radius 2 is 1.14 bits per heavy atom. The van der Waals surface area contributed by atoms with E-state index in [0.717, 1.165) is 50.1 Å². The third-order valence-corrected chi connectivity index (χ3v) is 13.6. The summed E-state index contributed by atoms with van der Waals surface area (Å²) < 4.78 is 9.19. The van der Waals surface area contributed by atoms with E-state index >= 15 is 0 Å². The van der Waals surface area contributed by atoms with Crippen molar-refractivity contribution in [1.29, 1.82) is 0 Å². The minimum atomic E-state index is -0.211. The van der Waals surface area contributed by atoms with Gasteiger partial charge in [-0.15, -0.1) is 53.6 Å². The number of benzene rings is 6. The van der Waals surface area contributed by atoms with Crippen LogP contribution in [0.4, 0.5) is 11.4 Å². The van der Waals surface area contributed by atoms with Crippen LogP contribution in [0.25, 0.3) is 38.8 Å². The minimum absolute atomic E-state index is 0. The van der Waals surface area contributed by atoms with Crippen molar-refractivity contribution in [2.24, 2.45) is 5.41 Å². The molecule has 358 valence electrons. The van der Waals surface area contributed by atoms with Crippen molar-refractivity contribution >= 4 is 33.2 Å². The summed E-state index contributed by atoms with van der Waals surface area (Å²) in [7, 11) is 0. The first-order chi connectivity index (χ1) is 31.9. The Kier molecular flexibility index (Phi) is 13.0. The van der Waals surface area contributed by atoms with Crippen molar-refractivity contribution in [3.8, 4) is 28.4 Å². The second kappa shape index (κ2) is 18.1. The van der Waals surface area contributed by atoms with Crippen LogP contribution in [0.1, 0.15) is 125 Å². The molecule has 0 spiro atoms. The molecule has 1 aliphatic heterocycles. The molecular formula is C63H67N4OPt-3. The molecule has 2 aromatic heterocycles. The fourth-order valence-electron chi connectivity index (χ4n) is 9.20. The normalized spacial score (nSPS) is 13.8. The third kappa shape index (κ3) is 9.96. The molecule has 0 unspecified atom stereocenters. The molecule has 0 bridgehead atoms. The van der Waals surface area contributed by atoms with E-state index in [4.69, 9.17) is 9.72 Å². The van der Waals surface area contributed by atoms with E-state index in [1.165, 1.54) is 33.5 Å². The molecule has 9 rings (SSSR count). The zero-order chi connectivity index (χ0) is 48.6. The smallest absolute Gasteiger partial charge is 0.135 e. The molecule has 0 N–H and O–H groups in total. The molecule has 3 heterocycles. The van der Waals surface area contributed by atoms with Gasteiger partial charge in [0.25, 0.3) is 0 Å². The van der Waals surface area contributed by atoms with E-state index in [0.29, 0.717) is 11.5 Å². The first kappa shape index (κ1) is 49.5. The van der Waals surface area contributed by atoms with Gasteiger partial charge < -0.3 is 19.1 Å². The number of hydrogen-bond donors (Lipinski definition) is 0. The molecule has 0 saturated carbocycles. The Bertz CT molecular complexity index is 3160. The summed E-state index contributed by atoms with van der Waals surface area (Å²) in [6, 6.07) is 55.5. The average molecular weight is 1090 g/mol. The van der Waals surface area contributed by atoms with Gasteiger partial charge in [-0.25, -0.2) is 4.98 Å². The summed E-state index contributed by atoms with van der Waals surface area (Å²) in [6.45, 7) is 34.2. The SMILES string of the molecule is CC(C)(C)C1=CN(c2[c-]c(Oc3[c-]c4c(cc3)c3cc(C(C)(C)c5ccccc5)ccc3n4-c3cc(C(C)(C)C)ccn3)cc(-c3ccccc3)c2)[CH-]N1c1cc(C(C)(C)C)cc(C(C)(C)C)c1.[Pt]. The second-order valence-electron chi connectivity index (χ2n) is 23.3. The van der Waals surface area contributed by atoms with Crippen molar-refractivity contribution in [2.75, 3.05) is 9.80 Å². The topological polar surface area (TPSA) is 33.5 Å². The molecule has 0 amide bonds. The average Bonchev–Trinajstić information content (AvgIpc) is 3.89. The van der Waals surface area contributed by atoms with Gasteiger partial charge in [-0.3, -0.25) is 0 Å². The van der Waals surface area contributed by atoms with Crippen molar-refractivity contribution in [2.45, 2.75) is 119 Å². The zero-order valence-electron chi connectivity index (χ0n) is 42.9. The van der Waals surface area contributed by atoms with E-state index in [1.54, 1.807) is 0 Å². The van der Waals surface area contributed by atoms with Gasteiger partial charge in [0.2, 0.25) is 0 Å². The molecule has 1 aliphatic rings. The fraction of sp³-hybridized carbons (Fsp3) is 0.302. The maximum absolute atomic E-state index is 6.94. The van der Waals surface area contributed by atoms with Crippen molar-refractivity contribution in [1.82, 2.24) is 9.55 Å². The van der Waals surface area contributed by atoms with Crippen molar-refractivity contribution in [3.05, 3.63) is 198 Å². The van der Waals surface area contributed by atoms with Crippen LogP contribution in [0.15, 0.2) is 152 Å². The predicted octanol–water partition coefficient (Wildman–Crippen LogP) is 16.8. The molecule has 0 fully saturated rings. The van der Waals surface area contributed by atoms with Crippen LogP contribution >= 0.6 is 0 Å². The van der Waals surface area contributed by atoms with Gasteiger partial charge in [0.15, 0.2) is 0 Å². The number of fused-ring (bicyclic) bond motifs is 3. The molecular weight excluding hydrogens is 1020 g/mol. The van der Waals surface area contributed by atoms with Gasteiger partial charge in [-0.05, 0) is 91.5 Å². The fourth-order valence-corrected chi connectivity index (χ4v) is 9.20. The summed E-state index contributed by atoms with van der Waals surface area (Å²) in [5.74, 6) is 2.04. The molecule has 0 radical (unpaired) electrons. The Balaban J connectivity index is 0.00000642. The minimum Gasteiger partial charge on any atom is -0.509 e. The number of rotatable bonds is 8. The number of aromatic nitrogens is 2. The summed E-state index contributed by atoms with van der Waals surface area (Å²) in [4.78, 5) is 9.56. The van der Waals surface area contributed by atoms with Gasteiger partial charge in [-0.1, -0.05) is 181 Å². The zero-order valence-corrected chi connectivity index (χ0v) is 45.2. The Hall–Kier alpha value is -5.90. The van der Waals surface area contributed by atoms with Crippen LogP contribution in [-0.2, 0) is 42.7 Å². The van der Waals surface area contributed by atoms with E-state index in [9.17, 15) is 0 Å². The maximum atomic E-state index is 6.94. The molecule has 5 nitrogen and oxygen atoms in total. The summed E-state index contributed by atoms with van der Waals surface area (Å²) in [5.41, 5.74) is 13.2. The van der Waals surface area contributed by atoms with Gasteiger partial charge in [-0.2, -0.15) is 6.07 Å². The number of hydrogen-bond acceptors (Lipinski definition) is 4. The standard InChI is InChI=1S/C63H67N4O.Pt/c1-59(2,3)45-29-30-64-58(37-45)67-55-28-25-46(63(13,14)44-23-19-16-20-24-44)36-54(55)53-27-26-51(39-56(53)67)68-52-32-43(42-21-17-15-18-22-42)31-49(38-52)65-40-57(62(10,11)12)66(41-65)50-34-47(60(4,5)6)33-48(35-50)61(7,8)9;/h15-37,40-41H,1-14H3;/q-3;. The van der Waals surface area contributed by atoms with Crippen LogP contribution in [-0.4, -0.2) is 9.55 Å².